The molecule has 0 bridgehead atoms. The Labute approximate surface area is 152 Å². The van der Waals surface area contributed by atoms with Crippen LogP contribution in [0.25, 0.3) is 0 Å². The third-order valence-corrected chi connectivity index (χ3v) is 6.33. The van der Waals surface area contributed by atoms with Crippen LogP contribution < -0.4 is 0 Å². The van der Waals surface area contributed by atoms with Gasteiger partial charge in [-0.05, 0) is 49.1 Å². The molecule has 0 N–H and O–H groups in total. The zero-order valence-electron chi connectivity index (χ0n) is 13.4. The van der Waals surface area contributed by atoms with Crippen molar-refractivity contribution >= 4 is 40.4 Å². The Hall–Kier alpha value is -0.840. The third kappa shape index (κ3) is 3.65. The largest absolute Gasteiger partial charge is 0.364 e. The number of rotatable bonds is 7. The molecular formula is C18H20ClNOS2. The Morgan fingerprint density at radius 1 is 1.39 bits per heavy atom. The summed E-state index contributed by atoms with van der Waals surface area (Å²) in [5.41, 5.74) is 4.21. The number of unbranched alkanes of at least 4 members (excludes halogenated alkanes) is 1. The summed E-state index contributed by atoms with van der Waals surface area (Å²) in [6.45, 7) is 4.30. The van der Waals surface area contributed by atoms with Crippen molar-refractivity contribution in [3.05, 3.63) is 45.8 Å². The monoisotopic (exact) mass is 365 g/mol. The molecule has 1 aliphatic carbocycles. The second-order valence-corrected chi connectivity index (χ2v) is 7.89. The van der Waals surface area contributed by atoms with E-state index in [4.69, 9.17) is 28.3 Å². The maximum Gasteiger partial charge on any atom is 0.132 e. The number of benzene rings is 1. The topological polar surface area (TPSA) is 26.0 Å². The van der Waals surface area contributed by atoms with Gasteiger partial charge in [-0.3, -0.25) is 0 Å². The van der Waals surface area contributed by atoms with Crippen LogP contribution in [0.1, 0.15) is 60.9 Å². The molecule has 1 aromatic heterocycles. The number of nitrogens with zero attached hydrogens (tertiary/aromatic N) is 1. The van der Waals surface area contributed by atoms with E-state index in [0.29, 0.717) is 5.92 Å². The highest BCUT2D eigenvalue weighted by Gasteiger charge is 2.31. The average Bonchev–Trinajstić information content (AvgIpc) is 3.27. The molecular weight excluding hydrogens is 346 g/mol. The summed E-state index contributed by atoms with van der Waals surface area (Å²) in [6, 6.07) is 3.97. The van der Waals surface area contributed by atoms with Crippen LogP contribution in [0.3, 0.4) is 0 Å². The van der Waals surface area contributed by atoms with Crippen LogP contribution >= 0.6 is 35.6 Å². The van der Waals surface area contributed by atoms with Gasteiger partial charge in [-0.1, -0.05) is 48.4 Å². The minimum atomic E-state index is 0.521. The molecule has 1 aromatic carbocycles. The normalized spacial score (nSPS) is 14.2. The third-order valence-electron chi connectivity index (χ3n) is 4.15. The fourth-order valence-electron chi connectivity index (χ4n) is 2.61. The summed E-state index contributed by atoms with van der Waals surface area (Å²) in [7, 11) is 0. The lowest BCUT2D eigenvalue weighted by Gasteiger charge is -2.13. The van der Waals surface area contributed by atoms with E-state index in [1.807, 2.05) is 23.9 Å². The summed E-state index contributed by atoms with van der Waals surface area (Å²) in [5, 5.41) is 4.97. The highest BCUT2D eigenvalue weighted by Crippen LogP contribution is 2.42. The van der Waals surface area contributed by atoms with Crippen molar-refractivity contribution in [3.63, 3.8) is 0 Å². The molecule has 1 aliphatic rings. The van der Waals surface area contributed by atoms with Gasteiger partial charge in [-0.2, -0.15) is 0 Å². The zero-order valence-corrected chi connectivity index (χ0v) is 15.8. The molecule has 5 heteroatoms. The Morgan fingerprint density at radius 3 is 2.87 bits per heavy atom. The van der Waals surface area contributed by atoms with Crippen LogP contribution in [0, 0.1) is 6.92 Å². The van der Waals surface area contributed by atoms with Gasteiger partial charge in [0.2, 0.25) is 0 Å². The molecule has 0 spiro atoms. The lowest BCUT2D eigenvalue weighted by atomic mass is 9.99. The second kappa shape index (κ2) is 7.37. The molecule has 23 heavy (non-hydrogen) atoms. The molecule has 0 amide bonds. The van der Waals surface area contributed by atoms with Gasteiger partial charge >= 0.3 is 0 Å². The fraction of sp³-hybridized carbons (Fsp3) is 0.444. The lowest BCUT2D eigenvalue weighted by Crippen LogP contribution is -2.05. The Kier molecular flexibility index (Phi) is 5.45. The Balaban J connectivity index is 1.91. The molecule has 2 nitrogen and oxygen atoms in total. The van der Waals surface area contributed by atoms with Crippen LogP contribution in [0.5, 0.6) is 0 Å². The maximum absolute atomic E-state index is 6.41. The van der Waals surface area contributed by atoms with E-state index in [2.05, 4.69) is 19.0 Å². The van der Waals surface area contributed by atoms with E-state index in [-0.39, 0.29) is 0 Å². The summed E-state index contributed by atoms with van der Waals surface area (Å²) in [5.74, 6) is 1.60. The van der Waals surface area contributed by atoms with E-state index in [0.717, 1.165) is 42.9 Å². The fourth-order valence-corrected chi connectivity index (χ4v) is 4.52. The van der Waals surface area contributed by atoms with Crippen molar-refractivity contribution in [2.45, 2.75) is 50.3 Å². The second-order valence-electron chi connectivity index (χ2n) is 5.97. The standard InChI is InChI=1S/C18H20ClNOS2/c1-3-4-9-23-18-11(2)13(7-8-15(18)19)17(22)14-10-21-20-16(14)12-5-6-12/h7-8,10,12H,3-6,9H2,1-2H3. The molecule has 0 atom stereocenters. The molecule has 0 unspecified atom stereocenters. The predicted molar refractivity (Wildman–Crippen MR) is 101 cm³/mol. The van der Waals surface area contributed by atoms with E-state index in [1.54, 1.807) is 6.26 Å². The van der Waals surface area contributed by atoms with Gasteiger partial charge in [-0.15, -0.1) is 11.8 Å². The highest BCUT2D eigenvalue weighted by molar-refractivity contribution is 7.99. The molecule has 2 aromatic rings. The molecule has 1 fully saturated rings. The predicted octanol–water partition coefficient (Wildman–Crippen LogP) is 6.17. The first kappa shape index (κ1) is 17.0. The van der Waals surface area contributed by atoms with Crippen LogP contribution in [0.4, 0.5) is 0 Å². The van der Waals surface area contributed by atoms with Crippen molar-refractivity contribution < 1.29 is 4.52 Å². The van der Waals surface area contributed by atoms with Crippen molar-refractivity contribution in [2.24, 2.45) is 0 Å². The maximum atomic E-state index is 6.41. The quantitative estimate of drug-likeness (QED) is 0.253. The van der Waals surface area contributed by atoms with Crippen molar-refractivity contribution in [2.75, 3.05) is 5.75 Å². The first-order valence-electron chi connectivity index (χ1n) is 8.04. The average molecular weight is 366 g/mol. The molecule has 0 saturated heterocycles. The zero-order chi connectivity index (χ0) is 16.4. The number of halogens is 1. The van der Waals surface area contributed by atoms with E-state index in [1.165, 1.54) is 25.7 Å². The first-order valence-corrected chi connectivity index (χ1v) is 9.81. The van der Waals surface area contributed by atoms with Gasteiger partial charge in [0.05, 0.1) is 21.1 Å². The van der Waals surface area contributed by atoms with Gasteiger partial charge in [0.1, 0.15) is 6.26 Å². The summed E-state index contributed by atoms with van der Waals surface area (Å²) < 4.78 is 5.19. The molecule has 1 heterocycles. The molecule has 0 aliphatic heterocycles. The summed E-state index contributed by atoms with van der Waals surface area (Å²) >= 11 is 14.0. The van der Waals surface area contributed by atoms with Crippen LogP contribution in [-0.2, 0) is 0 Å². The van der Waals surface area contributed by atoms with Crippen molar-refractivity contribution in [3.8, 4) is 0 Å². The Bertz CT molecular complexity index is 722. The smallest absolute Gasteiger partial charge is 0.132 e. The minimum Gasteiger partial charge on any atom is -0.364 e. The number of aromatic nitrogens is 1. The number of hydrogen-bond acceptors (Lipinski definition) is 4. The highest BCUT2D eigenvalue weighted by atomic mass is 35.5. The van der Waals surface area contributed by atoms with Crippen LogP contribution in [-0.4, -0.2) is 15.8 Å². The minimum absolute atomic E-state index is 0.521. The number of thiocarbonyl (C=S) groups is 1. The van der Waals surface area contributed by atoms with E-state index in [9.17, 15) is 0 Å². The van der Waals surface area contributed by atoms with Gasteiger partial charge < -0.3 is 4.52 Å². The SMILES string of the molecule is CCCCSc1c(Cl)ccc(C(=S)c2conc2C2CC2)c1C. The van der Waals surface area contributed by atoms with Gasteiger partial charge in [0.25, 0.3) is 0 Å². The lowest BCUT2D eigenvalue weighted by molar-refractivity contribution is 0.412. The van der Waals surface area contributed by atoms with Gasteiger partial charge in [0.15, 0.2) is 0 Å². The van der Waals surface area contributed by atoms with Gasteiger partial charge in [0, 0.05) is 10.8 Å². The van der Waals surface area contributed by atoms with E-state index < -0.39 is 0 Å². The molecule has 0 radical (unpaired) electrons. The molecule has 1 saturated carbocycles. The number of thioether (sulfide) groups is 1. The van der Waals surface area contributed by atoms with Crippen molar-refractivity contribution in [1.82, 2.24) is 5.16 Å². The number of hydrogen-bond donors (Lipinski definition) is 0. The van der Waals surface area contributed by atoms with Crippen LogP contribution in [0.15, 0.2) is 27.8 Å². The summed E-state index contributed by atoms with van der Waals surface area (Å²) in [6.07, 6.45) is 6.42. The first-order chi connectivity index (χ1) is 11.1. The summed E-state index contributed by atoms with van der Waals surface area (Å²) in [4.78, 5) is 1.96. The van der Waals surface area contributed by atoms with E-state index >= 15 is 0 Å². The molecule has 122 valence electrons. The van der Waals surface area contributed by atoms with Crippen molar-refractivity contribution in [1.29, 1.82) is 0 Å². The Morgan fingerprint density at radius 2 is 2.17 bits per heavy atom. The van der Waals surface area contributed by atoms with Crippen LogP contribution in [0.2, 0.25) is 5.02 Å². The van der Waals surface area contributed by atoms with Gasteiger partial charge in [-0.25, -0.2) is 0 Å². The molecule has 3 rings (SSSR count).